The number of carbonyl (C=O) groups excluding carboxylic acids is 1. The van der Waals surface area contributed by atoms with E-state index in [-0.39, 0.29) is 11.4 Å². The maximum atomic E-state index is 10.9. The summed E-state index contributed by atoms with van der Waals surface area (Å²) < 4.78 is 1.41. The SMILES string of the molecule is C#Cc1cnnc2cc(CC)c(-c3ccccc3)cc12.NC(=O)c1c(N)nn2cccnc12. The highest BCUT2D eigenvalue weighted by molar-refractivity contribution is 6.03. The summed E-state index contributed by atoms with van der Waals surface area (Å²) >= 11 is 0. The van der Waals surface area contributed by atoms with Crippen LogP contribution in [-0.4, -0.2) is 30.7 Å². The van der Waals surface area contributed by atoms with Gasteiger partial charge in [-0.2, -0.15) is 10.2 Å². The second-order valence-electron chi connectivity index (χ2n) is 7.16. The van der Waals surface area contributed by atoms with Gasteiger partial charge in [-0.15, -0.1) is 11.5 Å². The number of fused-ring (bicyclic) bond motifs is 2. The molecule has 2 aromatic carbocycles. The minimum absolute atomic E-state index is 0.103. The highest BCUT2D eigenvalue weighted by Gasteiger charge is 2.15. The molecule has 0 fully saturated rings. The molecule has 0 unspecified atom stereocenters. The monoisotopic (exact) mass is 435 g/mol. The maximum Gasteiger partial charge on any atom is 0.256 e. The smallest absolute Gasteiger partial charge is 0.256 e. The quantitative estimate of drug-likeness (QED) is 0.419. The molecule has 3 heterocycles. The van der Waals surface area contributed by atoms with Crippen molar-refractivity contribution in [3.8, 4) is 23.5 Å². The van der Waals surface area contributed by atoms with Gasteiger partial charge < -0.3 is 11.5 Å². The van der Waals surface area contributed by atoms with Crippen molar-refractivity contribution in [3.05, 3.63) is 83.8 Å². The molecule has 0 saturated carbocycles. The van der Waals surface area contributed by atoms with Gasteiger partial charge in [-0.25, -0.2) is 9.50 Å². The summed E-state index contributed by atoms with van der Waals surface area (Å²) in [5.74, 6) is 2.17. The van der Waals surface area contributed by atoms with Crippen LogP contribution in [0.15, 0.2) is 67.1 Å². The number of nitrogens with two attached hydrogens (primary N) is 2. The van der Waals surface area contributed by atoms with Gasteiger partial charge >= 0.3 is 0 Å². The largest absolute Gasteiger partial charge is 0.381 e. The van der Waals surface area contributed by atoms with Crippen LogP contribution in [0.3, 0.4) is 0 Å². The molecule has 0 bridgehead atoms. The molecule has 4 N–H and O–H groups in total. The van der Waals surface area contributed by atoms with Crippen molar-refractivity contribution in [1.82, 2.24) is 24.8 Å². The molecule has 8 heteroatoms. The third-order valence-electron chi connectivity index (χ3n) is 5.15. The summed E-state index contributed by atoms with van der Waals surface area (Å²) in [6.45, 7) is 2.14. The Morgan fingerprint density at radius 3 is 2.67 bits per heavy atom. The minimum atomic E-state index is -0.619. The van der Waals surface area contributed by atoms with Crippen LogP contribution in [-0.2, 0) is 6.42 Å². The molecule has 1 amide bonds. The number of hydrogen-bond acceptors (Lipinski definition) is 6. The first-order valence-electron chi connectivity index (χ1n) is 10.2. The summed E-state index contributed by atoms with van der Waals surface area (Å²) in [6.07, 6.45) is 11.3. The van der Waals surface area contributed by atoms with E-state index in [2.05, 4.69) is 57.4 Å². The number of amides is 1. The Labute approximate surface area is 190 Å². The van der Waals surface area contributed by atoms with Crippen LogP contribution in [0.25, 0.3) is 27.7 Å². The number of benzene rings is 2. The van der Waals surface area contributed by atoms with E-state index in [0.717, 1.165) is 22.9 Å². The summed E-state index contributed by atoms with van der Waals surface area (Å²) in [5.41, 5.74) is 16.5. The van der Waals surface area contributed by atoms with Crippen LogP contribution in [0.2, 0.25) is 0 Å². The molecular weight excluding hydrogens is 414 g/mol. The molecule has 0 atom stereocenters. The number of nitrogens with zero attached hydrogens (tertiary/aromatic N) is 5. The van der Waals surface area contributed by atoms with Gasteiger partial charge in [0.25, 0.3) is 5.91 Å². The van der Waals surface area contributed by atoms with Gasteiger partial charge in [0.1, 0.15) is 5.56 Å². The number of nitrogen functional groups attached to an aromatic ring is 1. The van der Waals surface area contributed by atoms with Gasteiger partial charge in [0.15, 0.2) is 11.5 Å². The zero-order valence-electron chi connectivity index (χ0n) is 17.9. The van der Waals surface area contributed by atoms with Crippen LogP contribution in [0.5, 0.6) is 0 Å². The van der Waals surface area contributed by atoms with Gasteiger partial charge in [0, 0.05) is 17.8 Å². The van der Waals surface area contributed by atoms with Gasteiger partial charge in [0.05, 0.1) is 17.3 Å². The fourth-order valence-corrected chi connectivity index (χ4v) is 3.58. The first-order chi connectivity index (χ1) is 16.0. The maximum absolute atomic E-state index is 10.9. The van der Waals surface area contributed by atoms with E-state index < -0.39 is 5.91 Å². The molecule has 33 heavy (non-hydrogen) atoms. The van der Waals surface area contributed by atoms with Crippen molar-refractivity contribution >= 4 is 28.3 Å². The molecular formula is C25H21N7O. The topological polar surface area (TPSA) is 125 Å². The fourth-order valence-electron chi connectivity index (χ4n) is 3.58. The number of primary amides is 1. The van der Waals surface area contributed by atoms with E-state index in [1.807, 2.05) is 18.2 Å². The molecule has 0 aliphatic rings. The van der Waals surface area contributed by atoms with Crippen molar-refractivity contribution in [2.24, 2.45) is 5.73 Å². The lowest BCUT2D eigenvalue weighted by atomic mass is 9.95. The summed E-state index contributed by atoms with van der Waals surface area (Å²) in [6, 6.07) is 16.3. The number of terminal acetylenes is 1. The molecule has 3 aromatic heterocycles. The van der Waals surface area contributed by atoms with Crippen molar-refractivity contribution in [2.75, 3.05) is 5.73 Å². The first-order valence-corrected chi connectivity index (χ1v) is 10.2. The molecule has 8 nitrogen and oxygen atoms in total. The Balaban J connectivity index is 0.000000172. The lowest BCUT2D eigenvalue weighted by Gasteiger charge is -2.10. The van der Waals surface area contributed by atoms with Crippen LogP contribution < -0.4 is 11.5 Å². The number of aromatic nitrogens is 5. The summed E-state index contributed by atoms with van der Waals surface area (Å²) in [7, 11) is 0. The number of anilines is 1. The Morgan fingerprint density at radius 1 is 1.18 bits per heavy atom. The highest BCUT2D eigenvalue weighted by atomic mass is 16.1. The van der Waals surface area contributed by atoms with E-state index in [9.17, 15) is 4.79 Å². The summed E-state index contributed by atoms with van der Waals surface area (Å²) in [4.78, 5) is 14.9. The van der Waals surface area contributed by atoms with Crippen LogP contribution in [0, 0.1) is 12.3 Å². The van der Waals surface area contributed by atoms with Gasteiger partial charge in [-0.3, -0.25) is 4.79 Å². The Bertz CT molecular complexity index is 1500. The number of carbonyl (C=O) groups is 1. The lowest BCUT2D eigenvalue weighted by molar-refractivity contribution is 0.100. The van der Waals surface area contributed by atoms with Crippen LogP contribution in [0.4, 0.5) is 5.82 Å². The summed E-state index contributed by atoms with van der Waals surface area (Å²) in [5, 5.41) is 13.0. The second kappa shape index (κ2) is 9.16. The van der Waals surface area contributed by atoms with Gasteiger partial charge in [-0.1, -0.05) is 43.2 Å². The van der Waals surface area contributed by atoms with Crippen molar-refractivity contribution in [3.63, 3.8) is 0 Å². The molecule has 5 aromatic rings. The van der Waals surface area contributed by atoms with E-state index >= 15 is 0 Å². The van der Waals surface area contributed by atoms with E-state index in [1.54, 1.807) is 24.7 Å². The van der Waals surface area contributed by atoms with Crippen LogP contribution >= 0.6 is 0 Å². The number of rotatable bonds is 3. The standard InChI is InChI=1S/C18H14N2.C7H7N5O/c1-3-13-10-18-17(14(4-2)12-19-20-18)11-16(13)15-8-6-5-7-9-15;8-5-4(6(9)13)7-10-2-1-3-12(7)11-5/h2,5-12H,3H2,1H3;1-3H,(H2,8,11)(H2,9,13). The molecule has 0 aliphatic carbocycles. The van der Waals surface area contributed by atoms with Crippen molar-refractivity contribution < 1.29 is 4.79 Å². The average Bonchev–Trinajstić information content (AvgIpc) is 3.19. The van der Waals surface area contributed by atoms with Crippen LogP contribution in [0.1, 0.15) is 28.4 Å². The fraction of sp³-hybridized carbons (Fsp3) is 0.0800. The molecule has 0 spiro atoms. The first kappa shape index (κ1) is 21.5. The third-order valence-corrected chi connectivity index (χ3v) is 5.15. The predicted octanol–water partition coefficient (Wildman–Crippen LogP) is 3.25. The zero-order chi connectivity index (χ0) is 23.4. The molecule has 5 rings (SSSR count). The third kappa shape index (κ3) is 4.20. The average molecular weight is 435 g/mol. The minimum Gasteiger partial charge on any atom is -0.381 e. The van der Waals surface area contributed by atoms with Crippen molar-refractivity contribution in [1.29, 1.82) is 0 Å². The van der Waals surface area contributed by atoms with E-state index in [4.69, 9.17) is 17.9 Å². The van der Waals surface area contributed by atoms with E-state index in [0.29, 0.717) is 5.65 Å². The molecule has 162 valence electrons. The van der Waals surface area contributed by atoms with Gasteiger partial charge in [-0.05, 0) is 41.3 Å². The number of hydrogen-bond donors (Lipinski definition) is 2. The molecule has 0 aliphatic heterocycles. The Morgan fingerprint density at radius 2 is 1.97 bits per heavy atom. The normalized spacial score (nSPS) is 10.4. The van der Waals surface area contributed by atoms with Gasteiger partial charge in [0.2, 0.25) is 0 Å². The second-order valence-corrected chi connectivity index (χ2v) is 7.16. The Hall–Kier alpha value is -4.77. The van der Waals surface area contributed by atoms with Crippen molar-refractivity contribution in [2.45, 2.75) is 13.3 Å². The molecule has 0 saturated heterocycles. The lowest BCUT2D eigenvalue weighted by Crippen LogP contribution is -2.12. The zero-order valence-corrected chi connectivity index (χ0v) is 17.9. The Kier molecular flexibility index (Phi) is 5.96. The predicted molar refractivity (Wildman–Crippen MR) is 128 cm³/mol. The highest BCUT2D eigenvalue weighted by Crippen LogP contribution is 2.29. The van der Waals surface area contributed by atoms with E-state index in [1.165, 1.54) is 21.2 Å². The molecule has 0 radical (unpaired) electrons. The number of aryl methyl sites for hydroxylation is 1.